The average Bonchev–Trinajstić information content (AvgIpc) is 2.59. The zero-order chi connectivity index (χ0) is 15.8. The molecule has 2 N–H and O–H groups in total. The van der Waals surface area contributed by atoms with Crippen molar-refractivity contribution in [3.63, 3.8) is 0 Å². The van der Waals surface area contributed by atoms with Crippen molar-refractivity contribution in [2.24, 2.45) is 0 Å². The molecule has 4 nitrogen and oxygen atoms in total. The standard InChI is InChI=1S/C18H22N2O2/c1-2-14-3-5-15(6-4-14)7-8-18(22)20-13-17(21)16-9-11-19-12-10-16/h3-6,9-12,17,21H,2,7-8,13H2,1H3,(H,20,22). The van der Waals surface area contributed by atoms with Crippen molar-refractivity contribution >= 4 is 5.91 Å². The van der Waals surface area contributed by atoms with Crippen molar-refractivity contribution < 1.29 is 9.90 Å². The van der Waals surface area contributed by atoms with E-state index in [2.05, 4.69) is 41.5 Å². The van der Waals surface area contributed by atoms with Crippen LogP contribution in [0.1, 0.15) is 36.1 Å². The zero-order valence-corrected chi connectivity index (χ0v) is 12.8. The van der Waals surface area contributed by atoms with Crippen LogP contribution in [-0.2, 0) is 17.6 Å². The number of aryl methyl sites for hydroxylation is 2. The maximum Gasteiger partial charge on any atom is 0.220 e. The molecule has 4 heteroatoms. The van der Waals surface area contributed by atoms with Gasteiger partial charge in [0.25, 0.3) is 0 Å². The summed E-state index contributed by atoms with van der Waals surface area (Å²) >= 11 is 0. The Balaban J connectivity index is 1.73. The predicted octanol–water partition coefficient (Wildman–Crippen LogP) is 2.43. The molecule has 0 saturated carbocycles. The highest BCUT2D eigenvalue weighted by Crippen LogP contribution is 2.10. The van der Waals surface area contributed by atoms with E-state index in [-0.39, 0.29) is 12.5 Å². The molecule has 1 heterocycles. The Bertz CT molecular complexity index is 582. The molecule has 2 rings (SSSR count). The Labute approximate surface area is 131 Å². The molecule has 0 aliphatic rings. The minimum Gasteiger partial charge on any atom is -0.387 e. The molecular weight excluding hydrogens is 276 g/mol. The Kier molecular flexibility index (Phi) is 6.10. The second-order valence-electron chi connectivity index (χ2n) is 5.27. The quantitative estimate of drug-likeness (QED) is 0.825. The summed E-state index contributed by atoms with van der Waals surface area (Å²) in [4.78, 5) is 15.7. The van der Waals surface area contributed by atoms with Crippen molar-refractivity contribution in [2.45, 2.75) is 32.3 Å². The second-order valence-corrected chi connectivity index (χ2v) is 5.27. The largest absolute Gasteiger partial charge is 0.387 e. The Morgan fingerprint density at radius 2 is 1.77 bits per heavy atom. The van der Waals surface area contributed by atoms with E-state index < -0.39 is 6.10 Å². The Morgan fingerprint density at radius 3 is 2.41 bits per heavy atom. The third kappa shape index (κ3) is 4.97. The van der Waals surface area contributed by atoms with Crippen LogP contribution in [0.25, 0.3) is 0 Å². The normalized spacial score (nSPS) is 11.9. The first-order valence-electron chi connectivity index (χ1n) is 7.61. The number of amides is 1. The Morgan fingerprint density at radius 1 is 1.14 bits per heavy atom. The van der Waals surface area contributed by atoms with Crippen LogP contribution in [-0.4, -0.2) is 22.5 Å². The number of carbonyl (C=O) groups excluding carboxylic acids is 1. The molecule has 1 atom stereocenters. The molecule has 0 bridgehead atoms. The van der Waals surface area contributed by atoms with Crippen LogP contribution in [0.5, 0.6) is 0 Å². The number of pyridine rings is 1. The van der Waals surface area contributed by atoms with Gasteiger partial charge in [-0.2, -0.15) is 0 Å². The van der Waals surface area contributed by atoms with Crippen molar-refractivity contribution in [2.75, 3.05) is 6.54 Å². The summed E-state index contributed by atoms with van der Waals surface area (Å²) in [5.41, 5.74) is 3.21. The first kappa shape index (κ1) is 16.2. The van der Waals surface area contributed by atoms with Gasteiger partial charge in [-0.3, -0.25) is 9.78 Å². The molecule has 1 amide bonds. The molecule has 1 aromatic heterocycles. The lowest BCUT2D eigenvalue weighted by Gasteiger charge is -2.12. The maximum absolute atomic E-state index is 11.8. The van der Waals surface area contributed by atoms with Gasteiger partial charge in [0, 0.05) is 25.4 Å². The van der Waals surface area contributed by atoms with Crippen molar-refractivity contribution in [1.29, 1.82) is 0 Å². The smallest absolute Gasteiger partial charge is 0.220 e. The number of benzene rings is 1. The van der Waals surface area contributed by atoms with Crippen LogP contribution in [0.2, 0.25) is 0 Å². The van der Waals surface area contributed by atoms with E-state index in [1.165, 1.54) is 5.56 Å². The van der Waals surface area contributed by atoms with Crippen LogP contribution in [0.15, 0.2) is 48.8 Å². The minimum atomic E-state index is -0.698. The lowest BCUT2D eigenvalue weighted by atomic mass is 10.1. The lowest BCUT2D eigenvalue weighted by Crippen LogP contribution is -2.28. The van der Waals surface area contributed by atoms with E-state index >= 15 is 0 Å². The predicted molar refractivity (Wildman–Crippen MR) is 86.3 cm³/mol. The summed E-state index contributed by atoms with van der Waals surface area (Å²) in [6.07, 6.45) is 4.71. The average molecular weight is 298 g/mol. The first-order chi connectivity index (χ1) is 10.7. The summed E-state index contributed by atoms with van der Waals surface area (Å²) in [6, 6.07) is 11.8. The van der Waals surface area contributed by atoms with Gasteiger partial charge < -0.3 is 10.4 Å². The second kappa shape index (κ2) is 8.29. The summed E-state index contributed by atoms with van der Waals surface area (Å²) < 4.78 is 0. The fourth-order valence-electron chi connectivity index (χ4n) is 2.20. The van der Waals surface area contributed by atoms with E-state index in [1.807, 2.05) is 0 Å². The molecule has 0 aliphatic carbocycles. The van der Waals surface area contributed by atoms with Gasteiger partial charge in [-0.15, -0.1) is 0 Å². The van der Waals surface area contributed by atoms with Crippen LogP contribution in [0.4, 0.5) is 0 Å². The molecule has 0 radical (unpaired) electrons. The molecule has 0 saturated heterocycles. The highest BCUT2D eigenvalue weighted by molar-refractivity contribution is 5.76. The third-order valence-electron chi connectivity index (χ3n) is 3.66. The third-order valence-corrected chi connectivity index (χ3v) is 3.66. The summed E-state index contributed by atoms with van der Waals surface area (Å²) in [7, 11) is 0. The summed E-state index contributed by atoms with van der Waals surface area (Å²) in [5, 5.41) is 12.7. The van der Waals surface area contributed by atoms with Crippen molar-refractivity contribution in [3.8, 4) is 0 Å². The van der Waals surface area contributed by atoms with Crippen LogP contribution < -0.4 is 5.32 Å². The maximum atomic E-state index is 11.8. The van der Waals surface area contributed by atoms with Gasteiger partial charge in [-0.05, 0) is 41.7 Å². The van der Waals surface area contributed by atoms with E-state index in [1.54, 1.807) is 24.5 Å². The molecule has 1 unspecified atom stereocenters. The monoisotopic (exact) mass is 298 g/mol. The zero-order valence-electron chi connectivity index (χ0n) is 12.8. The fraction of sp³-hybridized carbons (Fsp3) is 0.333. The van der Waals surface area contributed by atoms with Gasteiger partial charge in [0.1, 0.15) is 0 Å². The Hall–Kier alpha value is -2.20. The number of nitrogens with one attached hydrogen (secondary N) is 1. The SMILES string of the molecule is CCc1ccc(CCC(=O)NCC(O)c2ccncc2)cc1. The lowest BCUT2D eigenvalue weighted by molar-refractivity contribution is -0.121. The number of hydrogen-bond donors (Lipinski definition) is 2. The number of aromatic nitrogens is 1. The molecular formula is C18H22N2O2. The number of aliphatic hydroxyl groups is 1. The molecule has 0 aliphatic heterocycles. The molecule has 1 aromatic carbocycles. The molecule has 22 heavy (non-hydrogen) atoms. The molecule has 0 spiro atoms. The van der Waals surface area contributed by atoms with Gasteiger partial charge in [0.15, 0.2) is 0 Å². The van der Waals surface area contributed by atoms with Crippen LogP contribution in [0, 0.1) is 0 Å². The highest BCUT2D eigenvalue weighted by Gasteiger charge is 2.09. The first-order valence-corrected chi connectivity index (χ1v) is 7.61. The number of nitrogens with zero attached hydrogens (tertiary/aromatic N) is 1. The highest BCUT2D eigenvalue weighted by atomic mass is 16.3. The van der Waals surface area contributed by atoms with Gasteiger partial charge in [0.05, 0.1) is 6.10 Å². The topological polar surface area (TPSA) is 62.2 Å². The fourth-order valence-corrected chi connectivity index (χ4v) is 2.20. The minimum absolute atomic E-state index is 0.0484. The van der Waals surface area contributed by atoms with Crippen LogP contribution in [0.3, 0.4) is 0 Å². The van der Waals surface area contributed by atoms with Crippen molar-refractivity contribution in [3.05, 3.63) is 65.5 Å². The van der Waals surface area contributed by atoms with Gasteiger partial charge in [-0.25, -0.2) is 0 Å². The van der Waals surface area contributed by atoms with Crippen LogP contribution >= 0.6 is 0 Å². The van der Waals surface area contributed by atoms with Gasteiger partial charge >= 0.3 is 0 Å². The van der Waals surface area contributed by atoms with Gasteiger partial charge in [0.2, 0.25) is 5.91 Å². The van der Waals surface area contributed by atoms with Gasteiger partial charge in [-0.1, -0.05) is 31.2 Å². The summed E-state index contributed by atoms with van der Waals surface area (Å²) in [5.74, 6) is -0.0484. The van der Waals surface area contributed by atoms with E-state index in [4.69, 9.17) is 0 Å². The molecule has 0 fully saturated rings. The summed E-state index contributed by atoms with van der Waals surface area (Å²) in [6.45, 7) is 2.34. The number of aliphatic hydroxyl groups excluding tert-OH is 1. The number of hydrogen-bond acceptors (Lipinski definition) is 3. The molecule has 116 valence electrons. The van der Waals surface area contributed by atoms with E-state index in [0.29, 0.717) is 12.8 Å². The number of carbonyl (C=O) groups is 1. The van der Waals surface area contributed by atoms with Crippen molar-refractivity contribution in [1.82, 2.24) is 10.3 Å². The number of rotatable bonds is 7. The van der Waals surface area contributed by atoms with E-state index in [0.717, 1.165) is 17.5 Å². The van der Waals surface area contributed by atoms with E-state index in [9.17, 15) is 9.90 Å². The molecule has 2 aromatic rings.